The van der Waals surface area contributed by atoms with E-state index < -0.39 is 11.2 Å². The lowest BCUT2D eigenvalue weighted by atomic mass is 10.1. The Bertz CT molecular complexity index is 1000. The van der Waals surface area contributed by atoms with Gasteiger partial charge in [-0.05, 0) is 24.3 Å². The number of nitrogens with one attached hydrogen (secondary N) is 2. The summed E-state index contributed by atoms with van der Waals surface area (Å²) in [5.41, 5.74) is -0.0784. The number of benzene rings is 1. The van der Waals surface area contributed by atoms with Crippen LogP contribution in [0.15, 0.2) is 39.0 Å². The number of H-pyrrole nitrogens is 2. The smallest absolute Gasteiger partial charge is 0.327 e. The zero-order valence-electron chi connectivity index (χ0n) is 11.9. The summed E-state index contributed by atoms with van der Waals surface area (Å²) in [5, 5.41) is 0.951. The van der Waals surface area contributed by atoms with E-state index in [9.17, 15) is 14.4 Å². The molecule has 9 heteroatoms. The van der Waals surface area contributed by atoms with E-state index in [0.717, 1.165) is 16.3 Å². The number of hydrogen-bond donors (Lipinski definition) is 2. The Morgan fingerprint density at radius 2 is 1.96 bits per heavy atom. The van der Waals surface area contributed by atoms with Crippen LogP contribution in [0, 0.1) is 0 Å². The summed E-state index contributed by atoms with van der Waals surface area (Å²) < 4.78 is 0.952. The van der Waals surface area contributed by atoms with Gasteiger partial charge >= 0.3 is 5.69 Å². The molecule has 0 saturated heterocycles. The molecule has 2 aromatic heterocycles. The van der Waals surface area contributed by atoms with Gasteiger partial charge in [0.25, 0.3) is 5.56 Å². The fourth-order valence-electron chi connectivity index (χ4n) is 1.96. The predicted molar refractivity (Wildman–Crippen MR) is 88.5 cm³/mol. The number of halogens is 1. The molecule has 118 valence electrons. The SMILES string of the molecule is Cn1c(=O)[nH]c2nc(SCC(=O)c3ccc(Cl)cc3)[nH]c2c1=O. The first-order chi connectivity index (χ1) is 11.0. The van der Waals surface area contributed by atoms with Gasteiger partial charge < -0.3 is 4.98 Å². The first-order valence-electron chi connectivity index (χ1n) is 6.56. The van der Waals surface area contributed by atoms with Gasteiger partial charge in [-0.1, -0.05) is 23.4 Å². The van der Waals surface area contributed by atoms with Gasteiger partial charge in [-0.15, -0.1) is 0 Å². The monoisotopic (exact) mass is 350 g/mol. The zero-order chi connectivity index (χ0) is 16.6. The number of fused-ring (bicyclic) bond motifs is 1. The second-order valence-electron chi connectivity index (χ2n) is 4.78. The molecule has 0 unspecified atom stereocenters. The topological polar surface area (TPSA) is 101 Å². The van der Waals surface area contributed by atoms with E-state index >= 15 is 0 Å². The quantitative estimate of drug-likeness (QED) is 0.549. The Hall–Kier alpha value is -2.32. The molecule has 2 N–H and O–H groups in total. The number of aromatic nitrogens is 4. The van der Waals surface area contributed by atoms with E-state index in [4.69, 9.17) is 11.6 Å². The van der Waals surface area contributed by atoms with Crippen LogP contribution >= 0.6 is 23.4 Å². The van der Waals surface area contributed by atoms with Crippen LogP contribution in [0.5, 0.6) is 0 Å². The number of hydrogen-bond acceptors (Lipinski definition) is 5. The molecule has 0 spiro atoms. The minimum atomic E-state index is -0.539. The maximum absolute atomic E-state index is 12.1. The summed E-state index contributed by atoms with van der Waals surface area (Å²) in [7, 11) is 1.37. The van der Waals surface area contributed by atoms with Crippen LogP contribution < -0.4 is 11.2 Å². The van der Waals surface area contributed by atoms with E-state index in [1.54, 1.807) is 24.3 Å². The molecule has 0 amide bonds. The fraction of sp³-hybridized carbons (Fsp3) is 0.143. The minimum Gasteiger partial charge on any atom is -0.327 e. The van der Waals surface area contributed by atoms with Crippen molar-refractivity contribution in [2.24, 2.45) is 7.05 Å². The molecular weight excluding hydrogens is 340 g/mol. The van der Waals surface area contributed by atoms with Crippen molar-refractivity contribution in [2.45, 2.75) is 5.16 Å². The third-order valence-electron chi connectivity index (χ3n) is 3.24. The number of aromatic amines is 2. The summed E-state index contributed by atoms with van der Waals surface area (Å²) in [6.07, 6.45) is 0. The molecule has 3 aromatic rings. The van der Waals surface area contributed by atoms with Gasteiger partial charge in [0.15, 0.2) is 22.1 Å². The van der Waals surface area contributed by atoms with Crippen molar-refractivity contribution in [1.29, 1.82) is 0 Å². The highest BCUT2D eigenvalue weighted by atomic mass is 35.5. The number of ketones is 1. The highest BCUT2D eigenvalue weighted by Crippen LogP contribution is 2.18. The normalized spacial score (nSPS) is 11.0. The molecule has 0 fully saturated rings. The highest BCUT2D eigenvalue weighted by Gasteiger charge is 2.12. The zero-order valence-corrected chi connectivity index (χ0v) is 13.5. The molecule has 0 radical (unpaired) electrons. The Labute approximate surface area is 138 Å². The summed E-state index contributed by atoms with van der Waals surface area (Å²) in [4.78, 5) is 45.0. The second kappa shape index (κ2) is 6.05. The third kappa shape index (κ3) is 3.08. The van der Waals surface area contributed by atoms with E-state index in [0.29, 0.717) is 15.7 Å². The Morgan fingerprint density at radius 1 is 1.26 bits per heavy atom. The van der Waals surface area contributed by atoms with Gasteiger partial charge in [-0.3, -0.25) is 19.1 Å². The van der Waals surface area contributed by atoms with Crippen LogP contribution in [0.3, 0.4) is 0 Å². The Balaban J connectivity index is 1.81. The lowest BCUT2D eigenvalue weighted by molar-refractivity contribution is 0.102. The van der Waals surface area contributed by atoms with Crippen LogP contribution in [0.1, 0.15) is 10.4 Å². The number of Topliss-reactive ketones (excluding diaryl/α,β-unsaturated/α-hetero) is 1. The van der Waals surface area contributed by atoms with Crippen molar-refractivity contribution in [3.8, 4) is 0 Å². The number of thioether (sulfide) groups is 1. The molecule has 7 nitrogen and oxygen atoms in total. The van der Waals surface area contributed by atoms with Gasteiger partial charge in [-0.25, -0.2) is 9.78 Å². The average molecular weight is 351 g/mol. The molecular formula is C14H11ClN4O3S. The molecule has 0 bridgehead atoms. The highest BCUT2D eigenvalue weighted by molar-refractivity contribution is 7.99. The number of carbonyl (C=O) groups is 1. The molecule has 0 aliphatic rings. The van der Waals surface area contributed by atoms with Crippen molar-refractivity contribution >= 4 is 40.3 Å². The van der Waals surface area contributed by atoms with Gasteiger partial charge in [-0.2, -0.15) is 0 Å². The van der Waals surface area contributed by atoms with Gasteiger partial charge in [0.2, 0.25) is 0 Å². The molecule has 23 heavy (non-hydrogen) atoms. The lowest BCUT2D eigenvalue weighted by Gasteiger charge is -1.99. The lowest BCUT2D eigenvalue weighted by Crippen LogP contribution is -2.32. The van der Waals surface area contributed by atoms with Crippen LogP contribution in [-0.2, 0) is 7.05 Å². The van der Waals surface area contributed by atoms with Crippen molar-refractivity contribution in [3.05, 3.63) is 55.7 Å². The number of imidazole rings is 1. The van der Waals surface area contributed by atoms with E-state index in [1.807, 2.05) is 0 Å². The number of rotatable bonds is 4. The van der Waals surface area contributed by atoms with Crippen molar-refractivity contribution in [2.75, 3.05) is 5.75 Å². The summed E-state index contributed by atoms with van der Waals surface area (Å²) in [6.45, 7) is 0. The van der Waals surface area contributed by atoms with Crippen molar-refractivity contribution in [3.63, 3.8) is 0 Å². The molecule has 1 aromatic carbocycles. The van der Waals surface area contributed by atoms with Crippen LogP contribution in [0.25, 0.3) is 11.2 Å². The largest absolute Gasteiger partial charge is 0.329 e. The summed E-state index contributed by atoms with van der Waals surface area (Å²) in [6, 6.07) is 6.60. The van der Waals surface area contributed by atoms with Gasteiger partial charge in [0.1, 0.15) is 0 Å². The minimum absolute atomic E-state index is 0.0893. The molecule has 3 rings (SSSR count). The van der Waals surface area contributed by atoms with Gasteiger partial charge in [0.05, 0.1) is 5.75 Å². The van der Waals surface area contributed by atoms with Gasteiger partial charge in [0, 0.05) is 17.6 Å². The van der Waals surface area contributed by atoms with E-state index in [-0.39, 0.29) is 22.7 Å². The van der Waals surface area contributed by atoms with Crippen LogP contribution in [0.2, 0.25) is 5.02 Å². The third-order valence-corrected chi connectivity index (χ3v) is 4.36. The summed E-state index contributed by atoms with van der Waals surface area (Å²) >= 11 is 6.94. The standard InChI is InChI=1S/C14H11ClN4O3S/c1-19-12(21)10-11(18-14(19)22)17-13(16-10)23-6-9(20)7-2-4-8(15)5-3-7/h2-5H,6H2,1H3,(H,16,17)(H,18,22). The molecule has 0 aliphatic carbocycles. The van der Waals surface area contributed by atoms with Crippen LogP contribution in [0.4, 0.5) is 0 Å². The number of nitrogens with zero attached hydrogens (tertiary/aromatic N) is 2. The predicted octanol–water partition coefficient (Wildman–Crippen LogP) is 1.58. The molecule has 2 heterocycles. The molecule has 0 atom stereocenters. The maximum Gasteiger partial charge on any atom is 0.329 e. The summed E-state index contributed by atoms with van der Waals surface area (Å²) in [5.74, 6) is 0.0555. The Morgan fingerprint density at radius 3 is 2.65 bits per heavy atom. The first kappa shape index (κ1) is 15.6. The first-order valence-corrected chi connectivity index (χ1v) is 7.92. The average Bonchev–Trinajstić information content (AvgIpc) is 2.94. The molecule has 0 aliphatic heterocycles. The van der Waals surface area contributed by atoms with E-state index in [1.165, 1.54) is 7.05 Å². The Kier molecular flexibility index (Phi) is 4.10. The maximum atomic E-state index is 12.1. The second-order valence-corrected chi connectivity index (χ2v) is 6.18. The van der Waals surface area contributed by atoms with Crippen molar-refractivity contribution < 1.29 is 4.79 Å². The molecule has 0 saturated carbocycles. The number of carbonyl (C=O) groups excluding carboxylic acids is 1. The fourth-order valence-corrected chi connectivity index (χ4v) is 2.85. The van der Waals surface area contributed by atoms with E-state index in [2.05, 4.69) is 15.0 Å². The van der Waals surface area contributed by atoms with Crippen LogP contribution in [-0.4, -0.2) is 31.1 Å². The van der Waals surface area contributed by atoms with Crippen molar-refractivity contribution in [1.82, 2.24) is 19.5 Å².